The van der Waals surface area contributed by atoms with Crippen molar-refractivity contribution in [2.24, 2.45) is 0 Å². The van der Waals surface area contributed by atoms with Crippen LogP contribution in [-0.2, 0) is 16.1 Å². The monoisotopic (exact) mass is 401 g/mol. The van der Waals surface area contributed by atoms with Crippen LogP contribution in [0.4, 0.5) is 5.69 Å². The van der Waals surface area contributed by atoms with Crippen molar-refractivity contribution in [1.29, 1.82) is 0 Å². The number of nitrogens with zero attached hydrogens (tertiary/aromatic N) is 1. The zero-order chi connectivity index (χ0) is 19.9. The van der Waals surface area contributed by atoms with Gasteiger partial charge in [-0.05, 0) is 48.9 Å². The smallest absolute Gasteiger partial charge is 0.251 e. The van der Waals surface area contributed by atoms with Crippen LogP contribution in [0.3, 0.4) is 0 Å². The topological polar surface area (TPSA) is 70.7 Å². The van der Waals surface area contributed by atoms with E-state index in [0.717, 1.165) is 32.8 Å². The van der Waals surface area contributed by atoms with Gasteiger partial charge in [0.2, 0.25) is 5.91 Å². The molecule has 0 aliphatic carbocycles. The van der Waals surface area contributed by atoms with Crippen LogP contribution in [0.2, 0.25) is 5.02 Å². The summed E-state index contributed by atoms with van der Waals surface area (Å²) in [6, 6.07) is 13.6. The molecule has 1 unspecified atom stereocenters. The Balaban J connectivity index is 1.50. The van der Waals surface area contributed by atoms with Gasteiger partial charge in [0.1, 0.15) is 6.04 Å². The number of morpholine rings is 1. The highest BCUT2D eigenvalue weighted by Crippen LogP contribution is 2.13. The Labute approximate surface area is 169 Å². The van der Waals surface area contributed by atoms with Gasteiger partial charge in [-0.2, -0.15) is 0 Å². The van der Waals surface area contributed by atoms with Crippen molar-refractivity contribution in [3.05, 3.63) is 64.7 Å². The molecule has 0 spiro atoms. The molecular formula is C21H24ClN3O3. The van der Waals surface area contributed by atoms with Gasteiger partial charge in [-0.3, -0.25) is 14.5 Å². The zero-order valence-corrected chi connectivity index (χ0v) is 16.5. The lowest BCUT2D eigenvalue weighted by molar-refractivity contribution is -0.117. The van der Waals surface area contributed by atoms with Crippen molar-refractivity contribution in [3.63, 3.8) is 0 Å². The molecular weight excluding hydrogens is 378 g/mol. The maximum absolute atomic E-state index is 12.4. The molecule has 3 rings (SSSR count). The molecule has 1 saturated heterocycles. The van der Waals surface area contributed by atoms with Crippen LogP contribution >= 0.6 is 11.6 Å². The summed E-state index contributed by atoms with van der Waals surface area (Å²) < 4.78 is 5.36. The van der Waals surface area contributed by atoms with Crippen molar-refractivity contribution in [2.75, 3.05) is 31.6 Å². The number of carbonyl (C=O) groups is 2. The van der Waals surface area contributed by atoms with Gasteiger partial charge >= 0.3 is 0 Å². The molecule has 28 heavy (non-hydrogen) atoms. The molecule has 2 aromatic carbocycles. The first kappa shape index (κ1) is 20.3. The van der Waals surface area contributed by atoms with Gasteiger partial charge in [-0.1, -0.05) is 23.7 Å². The standard InChI is InChI=1S/C21H24ClN3O3/c1-15(23-21(27)17-4-6-18(22)7-5-17)20(26)24-19-8-2-16(3-9-19)14-25-10-12-28-13-11-25/h2-9,15H,10-14H2,1H3,(H,23,27)(H,24,26). The normalized spacial score (nSPS) is 15.6. The molecule has 2 amide bonds. The van der Waals surface area contributed by atoms with Gasteiger partial charge in [0, 0.05) is 35.9 Å². The maximum Gasteiger partial charge on any atom is 0.251 e. The van der Waals surface area contributed by atoms with Crippen molar-refractivity contribution < 1.29 is 14.3 Å². The summed E-state index contributed by atoms with van der Waals surface area (Å²) in [6.45, 7) is 5.93. The molecule has 0 radical (unpaired) electrons. The van der Waals surface area contributed by atoms with Gasteiger partial charge in [-0.25, -0.2) is 0 Å². The fourth-order valence-corrected chi connectivity index (χ4v) is 3.03. The van der Waals surface area contributed by atoms with Crippen LogP contribution in [0.1, 0.15) is 22.8 Å². The first-order valence-electron chi connectivity index (χ1n) is 9.27. The van der Waals surface area contributed by atoms with Crippen LogP contribution < -0.4 is 10.6 Å². The van der Waals surface area contributed by atoms with E-state index in [-0.39, 0.29) is 11.8 Å². The highest BCUT2D eigenvalue weighted by Gasteiger charge is 2.17. The van der Waals surface area contributed by atoms with Crippen LogP contribution in [0.5, 0.6) is 0 Å². The van der Waals surface area contributed by atoms with Crippen LogP contribution in [0.25, 0.3) is 0 Å². The number of amides is 2. The van der Waals surface area contributed by atoms with E-state index in [1.54, 1.807) is 31.2 Å². The van der Waals surface area contributed by atoms with E-state index < -0.39 is 6.04 Å². The third kappa shape index (κ3) is 5.79. The van der Waals surface area contributed by atoms with E-state index in [2.05, 4.69) is 15.5 Å². The van der Waals surface area contributed by atoms with Gasteiger partial charge in [0.15, 0.2) is 0 Å². The second kappa shape index (κ2) is 9.68. The summed E-state index contributed by atoms with van der Waals surface area (Å²) >= 11 is 5.82. The molecule has 2 N–H and O–H groups in total. The molecule has 7 heteroatoms. The largest absolute Gasteiger partial charge is 0.379 e. The van der Waals surface area contributed by atoms with Crippen molar-refractivity contribution in [2.45, 2.75) is 19.5 Å². The van der Waals surface area contributed by atoms with E-state index in [4.69, 9.17) is 16.3 Å². The second-order valence-corrected chi connectivity index (χ2v) is 7.21. The minimum atomic E-state index is -0.670. The lowest BCUT2D eigenvalue weighted by Crippen LogP contribution is -2.41. The summed E-state index contributed by atoms with van der Waals surface area (Å²) in [5.74, 6) is -0.594. The van der Waals surface area contributed by atoms with Crippen molar-refractivity contribution >= 4 is 29.1 Å². The van der Waals surface area contributed by atoms with E-state index in [0.29, 0.717) is 16.3 Å². The molecule has 0 aromatic heterocycles. The molecule has 1 aliphatic rings. The summed E-state index contributed by atoms with van der Waals surface area (Å²) in [5, 5.41) is 6.07. The Kier molecular flexibility index (Phi) is 7.03. The third-order valence-electron chi connectivity index (χ3n) is 4.58. The Hall–Kier alpha value is -2.41. The zero-order valence-electron chi connectivity index (χ0n) is 15.8. The number of anilines is 1. The number of benzene rings is 2. The quantitative estimate of drug-likeness (QED) is 0.780. The molecule has 1 fully saturated rings. The molecule has 2 aromatic rings. The molecule has 1 atom stereocenters. The van der Waals surface area contributed by atoms with Crippen LogP contribution in [-0.4, -0.2) is 49.1 Å². The third-order valence-corrected chi connectivity index (χ3v) is 4.83. The average molecular weight is 402 g/mol. The van der Waals surface area contributed by atoms with Crippen molar-refractivity contribution in [1.82, 2.24) is 10.2 Å². The van der Waals surface area contributed by atoms with E-state index in [1.807, 2.05) is 24.3 Å². The predicted molar refractivity (Wildman–Crippen MR) is 110 cm³/mol. The number of halogens is 1. The molecule has 1 heterocycles. The Morgan fingerprint density at radius 3 is 2.36 bits per heavy atom. The maximum atomic E-state index is 12.4. The van der Waals surface area contributed by atoms with Crippen LogP contribution in [0.15, 0.2) is 48.5 Å². The number of hydrogen-bond acceptors (Lipinski definition) is 4. The highest BCUT2D eigenvalue weighted by molar-refractivity contribution is 6.30. The van der Waals surface area contributed by atoms with Crippen LogP contribution in [0, 0.1) is 0 Å². The minimum absolute atomic E-state index is 0.275. The molecule has 6 nitrogen and oxygen atoms in total. The van der Waals surface area contributed by atoms with E-state index in [9.17, 15) is 9.59 Å². The Bertz CT molecular complexity index is 803. The first-order chi connectivity index (χ1) is 13.5. The summed E-state index contributed by atoms with van der Waals surface area (Å²) in [6.07, 6.45) is 0. The molecule has 0 bridgehead atoms. The lowest BCUT2D eigenvalue weighted by Gasteiger charge is -2.26. The Morgan fingerprint density at radius 1 is 1.07 bits per heavy atom. The summed E-state index contributed by atoms with van der Waals surface area (Å²) in [4.78, 5) is 26.9. The van der Waals surface area contributed by atoms with E-state index in [1.165, 1.54) is 5.56 Å². The van der Waals surface area contributed by atoms with Gasteiger partial charge < -0.3 is 15.4 Å². The van der Waals surface area contributed by atoms with Crippen molar-refractivity contribution in [3.8, 4) is 0 Å². The first-order valence-corrected chi connectivity index (χ1v) is 9.65. The number of ether oxygens (including phenoxy) is 1. The number of carbonyl (C=O) groups excluding carboxylic acids is 2. The second-order valence-electron chi connectivity index (χ2n) is 6.78. The van der Waals surface area contributed by atoms with Gasteiger partial charge in [0.05, 0.1) is 13.2 Å². The fraction of sp³-hybridized carbons (Fsp3) is 0.333. The summed E-state index contributed by atoms with van der Waals surface area (Å²) in [5.41, 5.74) is 2.34. The lowest BCUT2D eigenvalue weighted by atomic mass is 10.1. The minimum Gasteiger partial charge on any atom is -0.379 e. The summed E-state index contributed by atoms with van der Waals surface area (Å²) in [7, 11) is 0. The molecule has 1 aliphatic heterocycles. The highest BCUT2D eigenvalue weighted by atomic mass is 35.5. The molecule has 148 valence electrons. The molecule has 0 saturated carbocycles. The van der Waals surface area contributed by atoms with Gasteiger partial charge in [-0.15, -0.1) is 0 Å². The average Bonchev–Trinajstić information content (AvgIpc) is 2.70. The van der Waals surface area contributed by atoms with Gasteiger partial charge in [0.25, 0.3) is 5.91 Å². The van der Waals surface area contributed by atoms with E-state index >= 15 is 0 Å². The number of rotatable bonds is 6. The Morgan fingerprint density at radius 2 is 1.71 bits per heavy atom. The number of hydrogen-bond donors (Lipinski definition) is 2. The predicted octanol–water partition coefficient (Wildman–Crippen LogP) is 2.93. The number of nitrogens with one attached hydrogen (secondary N) is 2. The SMILES string of the molecule is CC(NC(=O)c1ccc(Cl)cc1)C(=O)Nc1ccc(CN2CCOCC2)cc1. The fourth-order valence-electron chi connectivity index (χ4n) is 2.91.